The Labute approximate surface area is 108 Å². The summed E-state index contributed by atoms with van der Waals surface area (Å²) in [4.78, 5) is 0. The highest BCUT2D eigenvalue weighted by molar-refractivity contribution is 5.89. The van der Waals surface area contributed by atoms with Crippen molar-refractivity contribution in [3.8, 4) is 5.75 Å². The number of hydrogen-bond donors (Lipinski definition) is 1. The van der Waals surface area contributed by atoms with Crippen LogP contribution in [0.4, 0.5) is 0 Å². The van der Waals surface area contributed by atoms with E-state index in [1.54, 1.807) is 0 Å². The fourth-order valence-electron chi connectivity index (χ4n) is 2.02. The van der Waals surface area contributed by atoms with E-state index in [1.807, 2.05) is 25.1 Å². The second-order valence-electron chi connectivity index (χ2n) is 4.42. The third-order valence-electron chi connectivity index (χ3n) is 2.97. The van der Waals surface area contributed by atoms with Crippen molar-refractivity contribution in [3.05, 3.63) is 54.6 Å². The van der Waals surface area contributed by atoms with E-state index in [9.17, 15) is 0 Å². The number of hydrogen-bond acceptors (Lipinski definition) is 2. The van der Waals surface area contributed by atoms with E-state index in [-0.39, 0.29) is 6.04 Å². The molecule has 0 aliphatic heterocycles. The lowest BCUT2D eigenvalue weighted by atomic mass is 10.0. The highest BCUT2D eigenvalue weighted by Gasteiger charge is 2.11. The maximum Gasteiger partial charge on any atom is 0.131 e. The number of nitrogens with two attached hydrogens (primary N) is 1. The van der Waals surface area contributed by atoms with Crippen LogP contribution in [-0.4, -0.2) is 6.61 Å². The molecule has 0 bridgehead atoms. The van der Waals surface area contributed by atoms with Gasteiger partial charge in [0.25, 0.3) is 0 Å². The second-order valence-corrected chi connectivity index (χ2v) is 4.42. The van der Waals surface area contributed by atoms with Crippen molar-refractivity contribution < 1.29 is 4.74 Å². The van der Waals surface area contributed by atoms with Gasteiger partial charge in [-0.05, 0) is 18.7 Å². The van der Waals surface area contributed by atoms with E-state index in [0.717, 1.165) is 23.1 Å². The largest absolute Gasteiger partial charge is 0.492 e. The fraction of sp³-hybridized carbons (Fsp3) is 0.250. The van der Waals surface area contributed by atoms with Gasteiger partial charge in [0.15, 0.2) is 0 Å². The van der Waals surface area contributed by atoms with Crippen LogP contribution in [0.5, 0.6) is 5.75 Å². The predicted octanol–water partition coefficient (Wildman–Crippen LogP) is 3.81. The molecule has 0 spiro atoms. The van der Waals surface area contributed by atoms with Crippen molar-refractivity contribution in [3.63, 3.8) is 0 Å². The van der Waals surface area contributed by atoms with Gasteiger partial charge in [0.05, 0.1) is 6.61 Å². The smallest absolute Gasteiger partial charge is 0.131 e. The third kappa shape index (κ3) is 2.54. The van der Waals surface area contributed by atoms with Crippen LogP contribution in [0.25, 0.3) is 10.8 Å². The molecule has 1 atom stereocenters. The van der Waals surface area contributed by atoms with Crippen molar-refractivity contribution in [1.29, 1.82) is 0 Å². The summed E-state index contributed by atoms with van der Waals surface area (Å²) in [5.74, 6) is 0.907. The molecule has 2 rings (SSSR count). The molecule has 0 unspecified atom stereocenters. The monoisotopic (exact) mass is 241 g/mol. The standard InChI is InChI=1S/C16H19NO/c1-3-4-11-18-16-14(12(2)17)10-9-13-7-5-6-8-15(13)16/h3,5-10,12H,1,4,11,17H2,2H3/t12-/m0/s1. The Bertz CT molecular complexity index is 546. The van der Waals surface area contributed by atoms with Gasteiger partial charge in [-0.2, -0.15) is 0 Å². The molecule has 0 heterocycles. The van der Waals surface area contributed by atoms with Gasteiger partial charge in [-0.25, -0.2) is 0 Å². The van der Waals surface area contributed by atoms with Crippen LogP contribution >= 0.6 is 0 Å². The summed E-state index contributed by atoms with van der Waals surface area (Å²) in [7, 11) is 0. The molecular formula is C16H19NO. The van der Waals surface area contributed by atoms with E-state index in [1.165, 1.54) is 5.39 Å². The molecule has 2 heteroatoms. The third-order valence-corrected chi connectivity index (χ3v) is 2.97. The van der Waals surface area contributed by atoms with Gasteiger partial charge in [-0.3, -0.25) is 0 Å². The van der Waals surface area contributed by atoms with E-state index < -0.39 is 0 Å². The summed E-state index contributed by atoms with van der Waals surface area (Å²) in [6.07, 6.45) is 2.69. The predicted molar refractivity (Wildman–Crippen MR) is 76.9 cm³/mol. The highest BCUT2D eigenvalue weighted by Crippen LogP contribution is 2.32. The minimum atomic E-state index is -0.0339. The first-order chi connectivity index (χ1) is 8.74. The average molecular weight is 241 g/mol. The van der Waals surface area contributed by atoms with E-state index in [0.29, 0.717) is 6.61 Å². The topological polar surface area (TPSA) is 35.2 Å². The maximum atomic E-state index is 6.01. The minimum Gasteiger partial charge on any atom is -0.492 e. The summed E-state index contributed by atoms with van der Waals surface area (Å²) in [5, 5.41) is 2.30. The summed E-state index contributed by atoms with van der Waals surface area (Å²) in [6.45, 7) is 6.32. The van der Waals surface area contributed by atoms with Crippen LogP contribution in [-0.2, 0) is 0 Å². The number of ether oxygens (including phenoxy) is 1. The lowest BCUT2D eigenvalue weighted by Crippen LogP contribution is -2.09. The molecule has 0 radical (unpaired) electrons. The molecule has 2 N–H and O–H groups in total. The molecule has 18 heavy (non-hydrogen) atoms. The van der Waals surface area contributed by atoms with Gasteiger partial charge >= 0.3 is 0 Å². The van der Waals surface area contributed by atoms with Crippen molar-refractivity contribution in [1.82, 2.24) is 0 Å². The van der Waals surface area contributed by atoms with E-state index in [2.05, 4.69) is 30.8 Å². The zero-order chi connectivity index (χ0) is 13.0. The SMILES string of the molecule is C=CCCOc1c([C@H](C)N)ccc2ccccc12. The molecular weight excluding hydrogens is 222 g/mol. The molecule has 0 amide bonds. The van der Waals surface area contributed by atoms with Gasteiger partial charge in [0.1, 0.15) is 5.75 Å². The lowest BCUT2D eigenvalue weighted by molar-refractivity contribution is 0.324. The molecule has 94 valence electrons. The molecule has 2 nitrogen and oxygen atoms in total. The molecule has 0 saturated heterocycles. The van der Waals surface area contributed by atoms with Crippen molar-refractivity contribution in [2.75, 3.05) is 6.61 Å². The average Bonchev–Trinajstić information content (AvgIpc) is 2.38. The van der Waals surface area contributed by atoms with Crippen molar-refractivity contribution >= 4 is 10.8 Å². The summed E-state index contributed by atoms with van der Waals surface area (Å²) < 4.78 is 5.90. The van der Waals surface area contributed by atoms with Crippen LogP contribution in [0.3, 0.4) is 0 Å². The van der Waals surface area contributed by atoms with E-state index >= 15 is 0 Å². The zero-order valence-corrected chi connectivity index (χ0v) is 10.7. The first kappa shape index (κ1) is 12.7. The Morgan fingerprint density at radius 2 is 2.06 bits per heavy atom. The van der Waals surface area contributed by atoms with Gasteiger partial charge in [0, 0.05) is 17.0 Å². The minimum absolute atomic E-state index is 0.0339. The number of fused-ring (bicyclic) bond motifs is 1. The summed E-state index contributed by atoms with van der Waals surface area (Å²) in [6, 6.07) is 12.3. The lowest BCUT2D eigenvalue weighted by Gasteiger charge is -2.16. The van der Waals surface area contributed by atoms with Crippen LogP contribution < -0.4 is 10.5 Å². The molecule has 0 aliphatic carbocycles. The highest BCUT2D eigenvalue weighted by atomic mass is 16.5. The van der Waals surface area contributed by atoms with E-state index in [4.69, 9.17) is 10.5 Å². The van der Waals surface area contributed by atoms with Crippen molar-refractivity contribution in [2.24, 2.45) is 5.73 Å². The maximum absolute atomic E-state index is 6.01. The van der Waals surface area contributed by atoms with Gasteiger partial charge < -0.3 is 10.5 Å². The molecule has 2 aromatic carbocycles. The Morgan fingerprint density at radius 1 is 1.28 bits per heavy atom. The van der Waals surface area contributed by atoms with Crippen LogP contribution in [0, 0.1) is 0 Å². The molecule has 2 aromatic rings. The molecule has 0 aliphatic rings. The Balaban J connectivity index is 2.48. The number of benzene rings is 2. The second kappa shape index (κ2) is 5.69. The first-order valence-electron chi connectivity index (χ1n) is 6.25. The fourth-order valence-corrected chi connectivity index (χ4v) is 2.02. The summed E-state index contributed by atoms with van der Waals surface area (Å²) >= 11 is 0. The molecule has 0 fully saturated rings. The Morgan fingerprint density at radius 3 is 2.78 bits per heavy atom. The van der Waals surface area contributed by atoms with Crippen LogP contribution in [0.2, 0.25) is 0 Å². The van der Waals surface area contributed by atoms with Crippen LogP contribution in [0.1, 0.15) is 24.9 Å². The molecule has 0 saturated carbocycles. The van der Waals surface area contributed by atoms with Crippen LogP contribution in [0.15, 0.2) is 49.1 Å². The van der Waals surface area contributed by atoms with Gasteiger partial charge in [-0.15, -0.1) is 6.58 Å². The Kier molecular flexibility index (Phi) is 4.00. The molecule has 0 aromatic heterocycles. The zero-order valence-electron chi connectivity index (χ0n) is 10.7. The van der Waals surface area contributed by atoms with Crippen molar-refractivity contribution in [2.45, 2.75) is 19.4 Å². The first-order valence-corrected chi connectivity index (χ1v) is 6.25. The number of rotatable bonds is 5. The quantitative estimate of drug-likeness (QED) is 0.638. The Hall–Kier alpha value is -1.80. The summed E-state index contributed by atoms with van der Waals surface area (Å²) in [5.41, 5.74) is 7.06. The normalized spacial score (nSPS) is 12.3. The van der Waals surface area contributed by atoms with Gasteiger partial charge in [-0.1, -0.05) is 42.5 Å². The van der Waals surface area contributed by atoms with Gasteiger partial charge in [0.2, 0.25) is 0 Å².